The van der Waals surface area contributed by atoms with Crippen molar-refractivity contribution in [3.8, 4) is 0 Å². The molecule has 0 aliphatic heterocycles. The van der Waals surface area contributed by atoms with Gasteiger partial charge in [0.15, 0.2) is 0 Å². The van der Waals surface area contributed by atoms with Crippen LogP contribution in [-0.4, -0.2) is 4.75 Å². The highest BCUT2D eigenvalue weighted by Crippen LogP contribution is 2.26. The fourth-order valence-electron chi connectivity index (χ4n) is 0.984. The Balaban J connectivity index is 2.51. The molecule has 0 saturated carbocycles. The Morgan fingerprint density at radius 3 is 2.08 bits per heavy atom. The zero-order valence-corrected chi connectivity index (χ0v) is 9.74. The highest BCUT2D eigenvalue weighted by Gasteiger charge is 2.09. The minimum atomic E-state index is 0.366. The zero-order chi connectivity index (χ0) is 9.90. The molecule has 1 aromatic carbocycles. The van der Waals surface area contributed by atoms with E-state index in [9.17, 15) is 0 Å². The fourth-order valence-corrected chi connectivity index (χ4v) is 1.78. The van der Waals surface area contributed by atoms with E-state index in [0.29, 0.717) is 4.75 Å². The van der Waals surface area contributed by atoms with Crippen molar-refractivity contribution in [1.29, 1.82) is 0 Å². The normalized spacial score (nSPS) is 11.7. The van der Waals surface area contributed by atoms with Crippen LogP contribution < -0.4 is 0 Å². The Hall–Kier alpha value is -0.430. The van der Waals surface area contributed by atoms with Gasteiger partial charge in [-0.2, -0.15) is 11.8 Å². The second-order valence-corrected chi connectivity index (χ2v) is 6.19. The van der Waals surface area contributed by atoms with E-state index in [-0.39, 0.29) is 0 Å². The van der Waals surface area contributed by atoms with Crippen LogP contribution in [0.1, 0.15) is 31.9 Å². The molecule has 1 rings (SSSR count). The molecule has 0 N–H and O–H groups in total. The molecule has 13 heavy (non-hydrogen) atoms. The molecule has 0 aliphatic rings. The van der Waals surface area contributed by atoms with E-state index in [2.05, 4.69) is 52.0 Å². The minimum absolute atomic E-state index is 0.366. The number of hydrogen-bond acceptors (Lipinski definition) is 1. The Bertz CT molecular complexity index is 253. The third kappa shape index (κ3) is 4.37. The molecule has 0 nitrogen and oxygen atoms in total. The molecule has 0 spiro atoms. The van der Waals surface area contributed by atoms with Gasteiger partial charge in [0.25, 0.3) is 0 Å². The standard InChI is InChI=1S/C12H18S/c1-10-5-7-11(8-6-10)9-13-12(2,3)4/h5-8H,9H2,1-4H3. The van der Waals surface area contributed by atoms with Gasteiger partial charge in [0.2, 0.25) is 0 Å². The number of rotatable bonds is 2. The molecule has 0 bridgehead atoms. The highest BCUT2D eigenvalue weighted by atomic mass is 32.2. The summed E-state index contributed by atoms with van der Waals surface area (Å²) in [6.07, 6.45) is 0. The van der Waals surface area contributed by atoms with E-state index in [0.717, 1.165) is 5.75 Å². The summed E-state index contributed by atoms with van der Waals surface area (Å²) in [6, 6.07) is 8.79. The van der Waals surface area contributed by atoms with Crippen molar-refractivity contribution < 1.29 is 0 Å². The number of hydrogen-bond donors (Lipinski definition) is 0. The first-order chi connectivity index (χ1) is 5.97. The topological polar surface area (TPSA) is 0 Å². The van der Waals surface area contributed by atoms with Crippen molar-refractivity contribution in [2.24, 2.45) is 0 Å². The lowest BCUT2D eigenvalue weighted by atomic mass is 10.2. The summed E-state index contributed by atoms with van der Waals surface area (Å²) in [4.78, 5) is 0. The van der Waals surface area contributed by atoms with Crippen LogP contribution in [0.3, 0.4) is 0 Å². The van der Waals surface area contributed by atoms with Crippen molar-refractivity contribution in [2.45, 2.75) is 38.2 Å². The van der Waals surface area contributed by atoms with Gasteiger partial charge in [-0.3, -0.25) is 0 Å². The second-order valence-electron chi connectivity index (χ2n) is 4.39. The molecule has 72 valence electrons. The predicted octanol–water partition coefficient (Wildman–Crippen LogP) is 4.03. The summed E-state index contributed by atoms with van der Waals surface area (Å²) < 4.78 is 0.366. The first-order valence-electron chi connectivity index (χ1n) is 4.67. The van der Waals surface area contributed by atoms with Crippen LogP contribution in [0.15, 0.2) is 24.3 Å². The lowest BCUT2D eigenvalue weighted by Gasteiger charge is -2.17. The Morgan fingerprint density at radius 2 is 1.62 bits per heavy atom. The van der Waals surface area contributed by atoms with Gasteiger partial charge in [0.05, 0.1) is 0 Å². The minimum Gasteiger partial charge on any atom is -0.151 e. The Labute approximate surface area is 85.7 Å². The molecule has 0 saturated heterocycles. The molecule has 0 aliphatic carbocycles. The lowest BCUT2D eigenvalue weighted by Crippen LogP contribution is -2.07. The monoisotopic (exact) mass is 194 g/mol. The number of benzene rings is 1. The fraction of sp³-hybridized carbons (Fsp3) is 0.500. The first-order valence-corrected chi connectivity index (χ1v) is 5.65. The molecule has 1 heteroatoms. The number of aryl methyl sites for hydroxylation is 1. The Morgan fingerprint density at radius 1 is 1.08 bits per heavy atom. The van der Waals surface area contributed by atoms with Gasteiger partial charge in [-0.15, -0.1) is 0 Å². The molecule has 0 heterocycles. The maximum absolute atomic E-state index is 2.26. The summed E-state index contributed by atoms with van der Waals surface area (Å²) in [7, 11) is 0. The quantitative estimate of drug-likeness (QED) is 0.685. The zero-order valence-electron chi connectivity index (χ0n) is 8.92. The van der Waals surface area contributed by atoms with Gasteiger partial charge < -0.3 is 0 Å². The van der Waals surface area contributed by atoms with E-state index in [1.165, 1.54) is 11.1 Å². The maximum atomic E-state index is 2.26. The average molecular weight is 194 g/mol. The van der Waals surface area contributed by atoms with E-state index in [4.69, 9.17) is 0 Å². The van der Waals surface area contributed by atoms with Crippen LogP contribution >= 0.6 is 11.8 Å². The SMILES string of the molecule is Cc1ccc(CSC(C)(C)C)cc1. The van der Waals surface area contributed by atoms with E-state index >= 15 is 0 Å². The molecule has 0 fully saturated rings. The van der Waals surface area contributed by atoms with Gasteiger partial charge in [-0.05, 0) is 12.5 Å². The summed E-state index contributed by atoms with van der Waals surface area (Å²) in [5, 5.41) is 0. The van der Waals surface area contributed by atoms with Crippen molar-refractivity contribution >= 4 is 11.8 Å². The van der Waals surface area contributed by atoms with Crippen LogP contribution in [0.25, 0.3) is 0 Å². The van der Waals surface area contributed by atoms with Gasteiger partial charge in [-0.1, -0.05) is 50.6 Å². The van der Waals surface area contributed by atoms with E-state index in [1.54, 1.807) is 0 Å². The molecule has 0 unspecified atom stereocenters. The average Bonchev–Trinajstić information content (AvgIpc) is 2.02. The van der Waals surface area contributed by atoms with Gasteiger partial charge in [0.1, 0.15) is 0 Å². The highest BCUT2D eigenvalue weighted by molar-refractivity contribution is 7.99. The van der Waals surface area contributed by atoms with Crippen molar-refractivity contribution in [1.82, 2.24) is 0 Å². The lowest BCUT2D eigenvalue weighted by molar-refractivity contribution is 0.802. The van der Waals surface area contributed by atoms with Crippen LogP contribution in [-0.2, 0) is 5.75 Å². The molecular weight excluding hydrogens is 176 g/mol. The van der Waals surface area contributed by atoms with Crippen LogP contribution in [0.5, 0.6) is 0 Å². The summed E-state index contributed by atoms with van der Waals surface area (Å²) >= 11 is 1.99. The van der Waals surface area contributed by atoms with Gasteiger partial charge in [-0.25, -0.2) is 0 Å². The first kappa shape index (κ1) is 10.6. The largest absolute Gasteiger partial charge is 0.151 e. The summed E-state index contributed by atoms with van der Waals surface area (Å²) in [5.41, 5.74) is 2.76. The Kier molecular flexibility index (Phi) is 3.43. The third-order valence-electron chi connectivity index (χ3n) is 1.79. The van der Waals surface area contributed by atoms with E-state index < -0.39 is 0 Å². The van der Waals surface area contributed by atoms with Gasteiger partial charge >= 0.3 is 0 Å². The second kappa shape index (κ2) is 4.19. The molecular formula is C12H18S. The van der Waals surface area contributed by atoms with Gasteiger partial charge in [0, 0.05) is 10.5 Å². The van der Waals surface area contributed by atoms with Crippen molar-refractivity contribution in [3.63, 3.8) is 0 Å². The number of thioether (sulfide) groups is 1. The van der Waals surface area contributed by atoms with E-state index in [1.807, 2.05) is 11.8 Å². The van der Waals surface area contributed by atoms with Crippen LogP contribution in [0.2, 0.25) is 0 Å². The maximum Gasteiger partial charge on any atom is 0.0189 e. The molecule has 0 amide bonds. The third-order valence-corrected chi connectivity index (χ3v) is 3.14. The molecule has 0 atom stereocenters. The van der Waals surface area contributed by atoms with Crippen LogP contribution in [0, 0.1) is 6.92 Å². The van der Waals surface area contributed by atoms with Crippen LogP contribution in [0.4, 0.5) is 0 Å². The summed E-state index contributed by atoms with van der Waals surface area (Å²) in [5.74, 6) is 1.11. The van der Waals surface area contributed by atoms with Crippen molar-refractivity contribution in [3.05, 3.63) is 35.4 Å². The summed E-state index contributed by atoms with van der Waals surface area (Å²) in [6.45, 7) is 8.89. The smallest absolute Gasteiger partial charge is 0.0189 e. The molecule has 1 aromatic rings. The van der Waals surface area contributed by atoms with Crippen molar-refractivity contribution in [2.75, 3.05) is 0 Å². The predicted molar refractivity (Wildman–Crippen MR) is 62.2 cm³/mol. The molecule has 0 aromatic heterocycles. The molecule has 0 radical (unpaired) electrons.